The number of likely N-dealkylation sites (tertiary alicyclic amines) is 2. The summed E-state index contributed by atoms with van der Waals surface area (Å²) in [4.78, 5) is 72.1. The highest BCUT2D eigenvalue weighted by Crippen LogP contribution is 2.44. The maximum atomic E-state index is 14.9. The summed E-state index contributed by atoms with van der Waals surface area (Å²) in [6.07, 6.45) is -1.27. The fourth-order valence-electron chi connectivity index (χ4n) is 9.42. The molecule has 66 heavy (non-hydrogen) atoms. The predicted octanol–water partition coefficient (Wildman–Crippen LogP) is 7.73. The predicted molar refractivity (Wildman–Crippen MR) is 238 cm³/mol. The number of hydrogen-bond acceptors (Lipinski definition) is 10. The number of imidazole rings is 2. The van der Waals surface area contributed by atoms with Crippen LogP contribution in [0.2, 0.25) is 0 Å². The number of alkyl halides is 2. The molecule has 9 rings (SSSR count). The smallest absolute Gasteiger partial charge is 0.407 e. The number of H-pyrrole nitrogens is 2. The van der Waals surface area contributed by atoms with Crippen LogP contribution in [0.5, 0.6) is 5.75 Å². The van der Waals surface area contributed by atoms with E-state index in [-0.39, 0.29) is 31.0 Å². The molecule has 5 heterocycles. The van der Waals surface area contributed by atoms with Gasteiger partial charge >= 0.3 is 12.2 Å². The minimum Gasteiger partial charge on any atom is -0.488 e. The number of aromatic amines is 2. The van der Waals surface area contributed by atoms with Gasteiger partial charge in [0.05, 0.1) is 55.8 Å². The zero-order valence-electron chi connectivity index (χ0n) is 36.8. The van der Waals surface area contributed by atoms with E-state index in [9.17, 15) is 28.0 Å². The molecule has 0 spiro atoms. The average molecular weight is 905 g/mol. The minimum atomic E-state index is -1.73. The van der Waals surface area contributed by atoms with Crippen LogP contribution in [0, 0.1) is 5.92 Å². The van der Waals surface area contributed by atoms with E-state index < -0.39 is 48.7 Å². The van der Waals surface area contributed by atoms with Crippen LogP contribution in [0.15, 0.2) is 79.0 Å². The van der Waals surface area contributed by atoms with Crippen molar-refractivity contribution in [2.45, 2.75) is 76.4 Å². The molecule has 0 saturated carbocycles. The van der Waals surface area contributed by atoms with Gasteiger partial charge in [0.2, 0.25) is 5.91 Å². The quantitative estimate of drug-likeness (QED) is 0.0945. The Balaban J connectivity index is 0.967. The summed E-state index contributed by atoms with van der Waals surface area (Å²) in [5, 5.41) is 6.81. The second kappa shape index (κ2) is 18.4. The second-order valence-electron chi connectivity index (χ2n) is 16.9. The van der Waals surface area contributed by atoms with Crippen molar-refractivity contribution in [3.8, 4) is 28.1 Å². The average Bonchev–Trinajstić information content (AvgIpc) is 4.17. The number of amides is 4. The standard InChI is InChI=1S/C48H50F2N8O8/c1-25(49)40(55-47(61)63-3)45(59)58-22-27(23-65-26(2)50)17-38(58)44-52-35-15-13-29-18-33-31(19-34(29)42(35)54-44)24-66-39-20-30(12-14-32(33)39)36-21-51-43(53-36)37-11-8-16-57(37)46(60)41(56-48(62)64-4)28-9-6-5-7-10-28/h5-7,9-10,12-15,18-21,25-27,37-38,40-41H,8,11,16-17,22-24H2,1-4H3,(H,51,53)(H,52,54)(H,55,61)(H,56,62)/t25?,26?,27-,37?,38-,40-,41+/m0/s1. The molecular weight excluding hydrogens is 855 g/mol. The Bertz CT molecular complexity index is 2800. The summed E-state index contributed by atoms with van der Waals surface area (Å²) >= 11 is 0. The number of carbonyl (C=O) groups excluding carboxylic acids is 4. The van der Waals surface area contributed by atoms with E-state index in [0.717, 1.165) is 57.8 Å². The Morgan fingerprint density at radius 2 is 1.67 bits per heavy atom. The number of carbonyl (C=O) groups is 4. The van der Waals surface area contributed by atoms with E-state index in [0.29, 0.717) is 54.5 Å². The number of alkyl carbamates (subject to hydrolysis) is 2. The van der Waals surface area contributed by atoms with Gasteiger partial charge in [-0.2, -0.15) is 0 Å². The lowest BCUT2D eigenvalue weighted by Crippen LogP contribution is -2.52. The summed E-state index contributed by atoms with van der Waals surface area (Å²) in [5.74, 6) is 0.633. The first-order valence-electron chi connectivity index (χ1n) is 21.9. The zero-order chi connectivity index (χ0) is 46.2. The number of nitrogens with zero attached hydrogens (tertiary/aromatic N) is 4. The van der Waals surface area contributed by atoms with Crippen molar-refractivity contribution in [3.63, 3.8) is 0 Å². The van der Waals surface area contributed by atoms with Gasteiger partial charge in [-0.1, -0.05) is 42.5 Å². The molecule has 2 aromatic heterocycles. The van der Waals surface area contributed by atoms with Gasteiger partial charge < -0.3 is 49.3 Å². The van der Waals surface area contributed by atoms with Crippen molar-refractivity contribution < 1.29 is 46.9 Å². The number of rotatable bonds is 12. The zero-order valence-corrected chi connectivity index (χ0v) is 36.8. The number of methoxy groups -OCH3 is 2. The van der Waals surface area contributed by atoms with E-state index >= 15 is 0 Å². The second-order valence-corrected chi connectivity index (χ2v) is 16.9. The van der Waals surface area contributed by atoms with Gasteiger partial charge in [-0.3, -0.25) is 9.59 Å². The third-order valence-electron chi connectivity index (χ3n) is 12.7. The van der Waals surface area contributed by atoms with Crippen molar-refractivity contribution in [2.75, 3.05) is 33.9 Å². The highest BCUT2D eigenvalue weighted by atomic mass is 19.1. The lowest BCUT2D eigenvalue weighted by molar-refractivity contribution is -0.136. The van der Waals surface area contributed by atoms with Crippen LogP contribution in [-0.4, -0.2) is 106 Å². The first-order chi connectivity index (χ1) is 31.9. The molecule has 16 nitrogen and oxygen atoms in total. The molecule has 3 aliphatic heterocycles. The van der Waals surface area contributed by atoms with Gasteiger partial charge in [0.15, 0.2) is 6.36 Å². The Labute approximate surface area is 378 Å². The summed E-state index contributed by atoms with van der Waals surface area (Å²) in [6, 6.07) is 19.8. The van der Waals surface area contributed by atoms with E-state index in [1.165, 1.54) is 25.9 Å². The molecule has 4 N–H and O–H groups in total. The van der Waals surface area contributed by atoms with Crippen molar-refractivity contribution in [2.24, 2.45) is 5.92 Å². The highest BCUT2D eigenvalue weighted by Gasteiger charge is 2.43. The molecule has 344 valence electrons. The van der Waals surface area contributed by atoms with Crippen molar-refractivity contribution in [1.29, 1.82) is 0 Å². The van der Waals surface area contributed by atoms with Crippen LogP contribution in [0.4, 0.5) is 18.4 Å². The minimum absolute atomic E-state index is 0.0374. The fraction of sp³-hybridized carbons (Fsp3) is 0.375. The van der Waals surface area contributed by atoms with Gasteiger partial charge in [-0.25, -0.2) is 28.3 Å². The summed E-state index contributed by atoms with van der Waals surface area (Å²) < 4.78 is 49.7. The van der Waals surface area contributed by atoms with Crippen molar-refractivity contribution >= 4 is 45.8 Å². The van der Waals surface area contributed by atoms with Crippen LogP contribution in [0.3, 0.4) is 0 Å². The Morgan fingerprint density at radius 1 is 0.879 bits per heavy atom. The van der Waals surface area contributed by atoms with E-state index in [4.69, 9.17) is 24.2 Å². The van der Waals surface area contributed by atoms with E-state index in [2.05, 4.69) is 37.5 Å². The van der Waals surface area contributed by atoms with Crippen LogP contribution in [0.1, 0.15) is 74.0 Å². The third kappa shape index (κ3) is 8.59. The maximum Gasteiger partial charge on any atom is 0.407 e. The van der Waals surface area contributed by atoms with E-state index in [1.807, 2.05) is 48.5 Å². The topological polar surface area (TPSA) is 193 Å². The number of nitrogens with one attached hydrogen (secondary N) is 4. The molecular formula is C48H50F2N8O8. The van der Waals surface area contributed by atoms with Crippen LogP contribution in [-0.2, 0) is 30.4 Å². The highest BCUT2D eigenvalue weighted by molar-refractivity contribution is 6.06. The maximum absolute atomic E-state index is 14.9. The summed E-state index contributed by atoms with van der Waals surface area (Å²) in [6.45, 7) is 3.45. The van der Waals surface area contributed by atoms with E-state index in [1.54, 1.807) is 23.2 Å². The molecule has 4 aromatic carbocycles. The molecule has 0 aliphatic carbocycles. The number of aromatic nitrogens is 4. The molecule has 7 atom stereocenters. The van der Waals surface area contributed by atoms with Crippen LogP contribution in [0.25, 0.3) is 44.2 Å². The molecule has 3 aliphatic rings. The normalized spacial score (nSPS) is 19.6. The Hall–Kier alpha value is -7.08. The SMILES string of the molecule is COC(=O)N[C@H](C(=O)N1C[C@@H](COC(C)F)C[C@H]1c1nc2c(ccc3cc4c(cc32)COc2cc(-c3cnc(C5CCCN5C(=O)[C@H](NC(=O)OC)c5ccccc5)[nH]3)ccc2-4)[nH]1)C(C)F. The molecule has 3 unspecified atom stereocenters. The first-order valence-corrected chi connectivity index (χ1v) is 21.9. The van der Waals surface area contributed by atoms with Gasteiger partial charge in [0.25, 0.3) is 5.91 Å². The number of fused-ring (bicyclic) bond motifs is 6. The van der Waals surface area contributed by atoms with Gasteiger partial charge in [0.1, 0.15) is 42.3 Å². The molecule has 4 amide bonds. The van der Waals surface area contributed by atoms with Gasteiger partial charge in [-0.15, -0.1) is 0 Å². The number of benzene rings is 4. The van der Waals surface area contributed by atoms with Crippen molar-refractivity contribution in [1.82, 2.24) is 40.4 Å². The monoisotopic (exact) mass is 904 g/mol. The lowest BCUT2D eigenvalue weighted by Gasteiger charge is -2.28. The van der Waals surface area contributed by atoms with Crippen LogP contribution >= 0.6 is 0 Å². The Kier molecular flexibility index (Phi) is 12.3. The Morgan fingerprint density at radius 3 is 2.42 bits per heavy atom. The largest absolute Gasteiger partial charge is 0.488 e. The van der Waals surface area contributed by atoms with Gasteiger partial charge in [-0.05, 0) is 85.5 Å². The molecule has 18 heteroatoms. The molecule has 2 saturated heterocycles. The van der Waals surface area contributed by atoms with Crippen molar-refractivity contribution in [3.05, 3.63) is 102 Å². The molecule has 0 bridgehead atoms. The lowest BCUT2D eigenvalue weighted by atomic mass is 9.92. The van der Waals surface area contributed by atoms with Crippen LogP contribution < -0.4 is 15.4 Å². The van der Waals surface area contributed by atoms with Gasteiger partial charge in [0, 0.05) is 35.5 Å². The molecule has 2 fully saturated rings. The molecule has 6 aromatic rings. The number of hydrogen-bond donors (Lipinski definition) is 4. The number of halogens is 2. The number of ether oxygens (including phenoxy) is 4. The fourth-order valence-corrected chi connectivity index (χ4v) is 9.42. The first kappa shape index (κ1) is 44.1. The summed E-state index contributed by atoms with van der Waals surface area (Å²) in [5.41, 5.74) is 6.54. The summed E-state index contributed by atoms with van der Waals surface area (Å²) in [7, 11) is 2.40. The third-order valence-corrected chi connectivity index (χ3v) is 12.7. The molecule has 0 radical (unpaired) electrons.